The number of aliphatic hydroxyl groups is 1. The van der Waals surface area contributed by atoms with E-state index in [2.05, 4.69) is 19.1 Å². The molecule has 1 aliphatic heterocycles. The van der Waals surface area contributed by atoms with Crippen LogP contribution in [0, 0.1) is 0 Å². The average Bonchev–Trinajstić information content (AvgIpc) is 3.15. The fourth-order valence-corrected chi connectivity index (χ4v) is 10.8. The quantitative estimate of drug-likeness (QED) is 0.331. The SMILES string of the molecule is C[C@]1(c2ccccc2)CC[C@](c2ccccc2)([C@@H](O)c2ccccc2)[P@@]1(=O)c1ccccc1. The second-order valence-electron chi connectivity index (χ2n) is 9.19. The van der Waals surface area contributed by atoms with Crippen molar-refractivity contribution in [1.82, 2.24) is 0 Å². The zero-order valence-electron chi connectivity index (χ0n) is 18.8. The second-order valence-corrected chi connectivity index (χ2v) is 12.7. The molecule has 1 saturated heterocycles. The molecule has 1 heterocycles. The molecule has 5 rings (SSSR count). The van der Waals surface area contributed by atoms with E-state index in [0.29, 0.717) is 6.42 Å². The van der Waals surface area contributed by atoms with E-state index in [9.17, 15) is 5.11 Å². The van der Waals surface area contributed by atoms with Gasteiger partial charge in [-0.05, 0) is 36.5 Å². The first-order chi connectivity index (χ1) is 16.0. The molecular weight excluding hydrogens is 423 g/mol. The average molecular weight is 453 g/mol. The first-order valence-electron chi connectivity index (χ1n) is 11.5. The Morgan fingerprint density at radius 3 is 1.67 bits per heavy atom. The maximum absolute atomic E-state index is 16.0. The van der Waals surface area contributed by atoms with E-state index in [1.165, 1.54) is 0 Å². The van der Waals surface area contributed by atoms with Gasteiger partial charge in [0.25, 0.3) is 0 Å². The maximum Gasteiger partial charge on any atom is 0.138 e. The number of hydrogen-bond acceptors (Lipinski definition) is 2. The van der Waals surface area contributed by atoms with Crippen LogP contribution in [-0.2, 0) is 14.9 Å². The number of rotatable bonds is 5. The molecule has 1 aliphatic rings. The smallest absolute Gasteiger partial charge is 0.138 e. The molecule has 0 bridgehead atoms. The molecule has 4 aromatic rings. The van der Waals surface area contributed by atoms with Crippen LogP contribution in [0.4, 0.5) is 0 Å². The highest BCUT2D eigenvalue weighted by Gasteiger charge is 2.67. The van der Waals surface area contributed by atoms with Gasteiger partial charge in [0, 0.05) is 5.30 Å². The van der Waals surface area contributed by atoms with E-state index >= 15 is 4.57 Å². The molecule has 33 heavy (non-hydrogen) atoms. The summed E-state index contributed by atoms with van der Waals surface area (Å²) in [4.78, 5) is 0. The third kappa shape index (κ3) is 3.16. The molecule has 1 N–H and O–H groups in total. The summed E-state index contributed by atoms with van der Waals surface area (Å²) in [5.41, 5.74) is 2.80. The Bertz CT molecular complexity index is 1260. The Morgan fingerprint density at radius 1 is 0.667 bits per heavy atom. The Hall–Kier alpha value is -2.93. The molecule has 2 nitrogen and oxygen atoms in total. The molecule has 1 fully saturated rings. The molecular formula is C30H29O2P. The highest BCUT2D eigenvalue weighted by Crippen LogP contribution is 2.83. The van der Waals surface area contributed by atoms with Crippen molar-refractivity contribution in [1.29, 1.82) is 0 Å². The molecule has 0 saturated carbocycles. The van der Waals surface area contributed by atoms with Crippen LogP contribution in [0.5, 0.6) is 0 Å². The van der Waals surface area contributed by atoms with E-state index in [1.54, 1.807) is 0 Å². The van der Waals surface area contributed by atoms with E-state index < -0.39 is 23.6 Å². The lowest BCUT2D eigenvalue weighted by Gasteiger charge is -2.45. The molecule has 0 aromatic heterocycles. The lowest BCUT2D eigenvalue weighted by atomic mass is 9.82. The zero-order valence-corrected chi connectivity index (χ0v) is 19.7. The van der Waals surface area contributed by atoms with Crippen LogP contribution < -0.4 is 5.30 Å². The Morgan fingerprint density at radius 2 is 1.12 bits per heavy atom. The Balaban J connectivity index is 1.86. The molecule has 0 spiro atoms. The lowest BCUT2D eigenvalue weighted by molar-refractivity contribution is 0.121. The van der Waals surface area contributed by atoms with E-state index in [4.69, 9.17) is 0 Å². The van der Waals surface area contributed by atoms with Crippen molar-refractivity contribution in [2.24, 2.45) is 0 Å². The van der Waals surface area contributed by atoms with Gasteiger partial charge in [-0.15, -0.1) is 0 Å². The van der Waals surface area contributed by atoms with Gasteiger partial charge in [-0.2, -0.15) is 0 Å². The van der Waals surface area contributed by atoms with Gasteiger partial charge in [0.1, 0.15) is 7.14 Å². The van der Waals surface area contributed by atoms with E-state index in [0.717, 1.165) is 28.4 Å². The number of hydrogen-bond donors (Lipinski definition) is 1. The van der Waals surface area contributed by atoms with Crippen molar-refractivity contribution in [2.75, 3.05) is 0 Å². The minimum absolute atomic E-state index is 0.610. The largest absolute Gasteiger partial charge is 0.387 e. The highest BCUT2D eigenvalue weighted by atomic mass is 31.2. The maximum atomic E-state index is 16.0. The fraction of sp³-hybridized carbons (Fsp3) is 0.200. The molecule has 166 valence electrons. The normalized spacial score (nSPS) is 27.8. The molecule has 0 unspecified atom stereocenters. The van der Waals surface area contributed by atoms with Crippen LogP contribution in [0.15, 0.2) is 121 Å². The first kappa shape index (κ1) is 21.9. The number of benzene rings is 4. The van der Waals surface area contributed by atoms with Gasteiger partial charge < -0.3 is 9.67 Å². The van der Waals surface area contributed by atoms with E-state index in [-0.39, 0.29) is 0 Å². The van der Waals surface area contributed by atoms with Crippen LogP contribution in [0.1, 0.15) is 42.6 Å². The van der Waals surface area contributed by atoms with Crippen molar-refractivity contribution < 1.29 is 9.67 Å². The van der Waals surface area contributed by atoms with Gasteiger partial charge in [-0.1, -0.05) is 121 Å². The molecule has 0 radical (unpaired) electrons. The van der Waals surface area contributed by atoms with E-state index in [1.807, 2.05) is 109 Å². The van der Waals surface area contributed by atoms with Crippen molar-refractivity contribution in [3.05, 3.63) is 138 Å². The minimum Gasteiger partial charge on any atom is -0.387 e. The first-order valence-corrected chi connectivity index (χ1v) is 13.2. The molecule has 4 atom stereocenters. The summed E-state index contributed by atoms with van der Waals surface area (Å²) in [6.45, 7) is 2.14. The molecule has 0 amide bonds. The van der Waals surface area contributed by atoms with Gasteiger partial charge >= 0.3 is 0 Å². The van der Waals surface area contributed by atoms with Crippen LogP contribution in [0.25, 0.3) is 0 Å². The summed E-state index contributed by atoms with van der Waals surface area (Å²) in [7, 11) is -3.30. The topological polar surface area (TPSA) is 37.3 Å². The summed E-state index contributed by atoms with van der Waals surface area (Å²) < 4.78 is 16.0. The van der Waals surface area contributed by atoms with Gasteiger partial charge in [-0.3, -0.25) is 0 Å². The third-order valence-electron chi connectivity index (χ3n) is 7.61. The Kier molecular flexibility index (Phi) is 5.60. The summed E-state index contributed by atoms with van der Waals surface area (Å²) in [5.74, 6) is 0. The van der Waals surface area contributed by atoms with Crippen molar-refractivity contribution in [3.8, 4) is 0 Å². The molecule has 3 heteroatoms. The molecule has 0 aliphatic carbocycles. The summed E-state index contributed by atoms with van der Waals surface area (Å²) in [6.07, 6.45) is 0.449. The summed E-state index contributed by atoms with van der Waals surface area (Å²) >= 11 is 0. The van der Waals surface area contributed by atoms with Gasteiger partial charge in [0.2, 0.25) is 0 Å². The van der Waals surface area contributed by atoms with Crippen LogP contribution in [0.3, 0.4) is 0 Å². The number of aliphatic hydroxyl groups excluding tert-OH is 1. The summed E-state index contributed by atoms with van der Waals surface area (Å²) in [5, 5.41) is 11.4. The second kappa shape index (κ2) is 8.45. The van der Waals surface area contributed by atoms with Gasteiger partial charge in [0.15, 0.2) is 0 Å². The monoisotopic (exact) mass is 452 g/mol. The standard InChI is InChI=1S/C30H29O2P/c1-29(25-16-8-3-9-17-25)22-23-30(26-18-10-4-11-19-26,28(31)24-14-6-2-7-15-24)33(29,32)27-20-12-5-13-21-27/h2-21,28,31H,22-23H2,1H3/t28-,29+,30-,33+/m0/s1. The van der Waals surface area contributed by atoms with Crippen LogP contribution in [-0.4, -0.2) is 5.11 Å². The van der Waals surface area contributed by atoms with Crippen molar-refractivity contribution in [2.45, 2.75) is 36.2 Å². The van der Waals surface area contributed by atoms with Gasteiger partial charge in [-0.25, -0.2) is 0 Å². The lowest BCUT2D eigenvalue weighted by Crippen LogP contribution is -2.38. The third-order valence-corrected chi connectivity index (χ3v) is 12.4. The van der Waals surface area contributed by atoms with Crippen LogP contribution >= 0.6 is 7.14 Å². The van der Waals surface area contributed by atoms with Gasteiger partial charge in [0.05, 0.1) is 16.4 Å². The predicted molar refractivity (Wildman–Crippen MR) is 136 cm³/mol. The molecule has 4 aromatic carbocycles. The minimum atomic E-state index is -3.30. The van der Waals surface area contributed by atoms with Crippen molar-refractivity contribution in [3.63, 3.8) is 0 Å². The predicted octanol–water partition coefficient (Wildman–Crippen LogP) is 7.01. The Labute approximate surface area is 196 Å². The zero-order chi connectivity index (χ0) is 22.9. The summed E-state index contributed by atoms with van der Waals surface area (Å²) in [6, 6.07) is 39.8. The fourth-order valence-electron chi connectivity index (χ4n) is 5.90. The van der Waals surface area contributed by atoms with Crippen LogP contribution in [0.2, 0.25) is 0 Å². The highest BCUT2D eigenvalue weighted by molar-refractivity contribution is 7.74. The van der Waals surface area contributed by atoms with Crippen molar-refractivity contribution >= 4 is 12.4 Å².